The van der Waals surface area contributed by atoms with E-state index < -0.39 is 0 Å². The van der Waals surface area contributed by atoms with Crippen LogP contribution in [0.3, 0.4) is 0 Å². The lowest BCUT2D eigenvalue weighted by molar-refractivity contribution is -0.115. The topological polar surface area (TPSA) is 61.4 Å². The molecule has 7 heteroatoms. The molecule has 0 aliphatic carbocycles. The number of thioether (sulfide) groups is 1. The number of benzene rings is 1. The van der Waals surface area contributed by atoms with Gasteiger partial charge in [-0.05, 0) is 43.2 Å². The Kier molecular flexibility index (Phi) is 6.93. The number of carbonyl (C=O) groups is 2. The monoisotopic (exact) mass is 403 g/mol. The van der Waals surface area contributed by atoms with Crippen molar-refractivity contribution in [2.24, 2.45) is 0 Å². The number of nitrogens with one attached hydrogen (secondary N) is 2. The van der Waals surface area contributed by atoms with Crippen LogP contribution in [-0.4, -0.2) is 47.9 Å². The van der Waals surface area contributed by atoms with E-state index in [0.29, 0.717) is 4.88 Å². The molecular formula is C20H25N3O2S2. The molecule has 2 aromatic rings. The minimum atomic E-state index is -0.222. The number of hydrogen-bond acceptors (Lipinski definition) is 5. The minimum absolute atomic E-state index is 0.0393. The smallest absolute Gasteiger partial charge is 0.261 e. The van der Waals surface area contributed by atoms with Gasteiger partial charge in [-0.3, -0.25) is 14.5 Å². The number of rotatable bonds is 6. The Labute approximate surface area is 168 Å². The van der Waals surface area contributed by atoms with E-state index in [4.69, 9.17) is 0 Å². The Hall–Kier alpha value is -1.83. The fraction of sp³-hybridized carbons (Fsp3) is 0.400. The van der Waals surface area contributed by atoms with Crippen LogP contribution < -0.4 is 10.6 Å². The van der Waals surface area contributed by atoms with Crippen LogP contribution in [0.5, 0.6) is 0 Å². The van der Waals surface area contributed by atoms with Gasteiger partial charge in [-0.25, -0.2) is 0 Å². The fourth-order valence-electron chi connectivity index (χ4n) is 2.98. The van der Waals surface area contributed by atoms with Crippen molar-refractivity contribution in [3.05, 3.63) is 51.2 Å². The van der Waals surface area contributed by atoms with E-state index in [-0.39, 0.29) is 18.4 Å². The summed E-state index contributed by atoms with van der Waals surface area (Å²) in [7, 11) is 0. The number of nitrogens with zero attached hydrogens (tertiary/aromatic N) is 1. The van der Waals surface area contributed by atoms with Gasteiger partial charge < -0.3 is 10.6 Å². The van der Waals surface area contributed by atoms with E-state index in [9.17, 15) is 9.59 Å². The molecule has 2 amide bonds. The number of aryl methyl sites for hydroxylation is 2. The molecule has 1 aliphatic rings. The number of hydrogen-bond donors (Lipinski definition) is 2. The van der Waals surface area contributed by atoms with Crippen molar-refractivity contribution in [1.29, 1.82) is 0 Å². The molecule has 0 saturated carbocycles. The first-order valence-electron chi connectivity index (χ1n) is 9.05. The molecule has 0 atom stereocenters. The SMILES string of the molecule is Cc1ccc(C(=O)NCC(=O)Nc2ccc(CN3CCSCC3)cc2C)s1. The highest BCUT2D eigenvalue weighted by Crippen LogP contribution is 2.19. The average Bonchev–Trinajstić information content (AvgIpc) is 3.09. The molecule has 5 nitrogen and oxygen atoms in total. The summed E-state index contributed by atoms with van der Waals surface area (Å²) in [5.41, 5.74) is 3.09. The van der Waals surface area contributed by atoms with Crippen LogP contribution >= 0.6 is 23.1 Å². The third-order valence-electron chi connectivity index (χ3n) is 4.45. The second-order valence-electron chi connectivity index (χ2n) is 6.68. The van der Waals surface area contributed by atoms with E-state index in [2.05, 4.69) is 27.7 Å². The van der Waals surface area contributed by atoms with Gasteiger partial charge in [0.15, 0.2) is 0 Å². The fourth-order valence-corrected chi connectivity index (χ4v) is 4.74. The molecule has 0 spiro atoms. The molecule has 0 unspecified atom stereocenters. The summed E-state index contributed by atoms with van der Waals surface area (Å²) in [6, 6.07) is 9.82. The highest BCUT2D eigenvalue weighted by molar-refractivity contribution is 7.99. The second-order valence-corrected chi connectivity index (χ2v) is 9.19. The van der Waals surface area contributed by atoms with Crippen LogP contribution in [0.2, 0.25) is 0 Å². The zero-order valence-corrected chi connectivity index (χ0v) is 17.3. The van der Waals surface area contributed by atoms with Crippen LogP contribution in [0, 0.1) is 13.8 Å². The van der Waals surface area contributed by atoms with E-state index in [1.54, 1.807) is 6.07 Å². The normalized spacial score (nSPS) is 14.7. The Balaban J connectivity index is 1.50. The summed E-state index contributed by atoms with van der Waals surface area (Å²) in [6.45, 7) is 7.12. The van der Waals surface area contributed by atoms with Gasteiger partial charge in [0.1, 0.15) is 0 Å². The Morgan fingerprint density at radius 2 is 1.89 bits per heavy atom. The number of thiophene rings is 1. The first-order chi connectivity index (χ1) is 13.0. The minimum Gasteiger partial charge on any atom is -0.342 e. The van der Waals surface area contributed by atoms with Crippen molar-refractivity contribution < 1.29 is 9.59 Å². The molecule has 2 N–H and O–H groups in total. The van der Waals surface area contributed by atoms with Crippen molar-refractivity contribution in [3.8, 4) is 0 Å². The summed E-state index contributed by atoms with van der Waals surface area (Å²) in [5, 5.41) is 5.55. The summed E-state index contributed by atoms with van der Waals surface area (Å²) in [5.74, 6) is 1.96. The zero-order valence-electron chi connectivity index (χ0n) is 15.7. The van der Waals surface area contributed by atoms with Gasteiger partial charge in [0.05, 0.1) is 11.4 Å². The molecule has 1 aromatic heterocycles. The number of carbonyl (C=O) groups excluding carboxylic acids is 2. The summed E-state index contributed by atoms with van der Waals surface area (Å²) in [6.07, 6.45) is 0. The molecule has 0 bridgehead atoms. The molecular weight excluding hydrogens is 378 g/mol. The lowest BCUT2D eigenvalue weighted by Gasteiger charge is -2.26. The summed E-state index contributed by atoms with van der Waals surface area (Å²) >= 11 is 3.43. The number of amides is 2. The quantitative estimate of drug-likeness (QED) is 0.777. The van der Waals surface area contributed by atoms with Gasteiger partial charge >= 0.3 is 0 Å². The standard InChI is InChI=1S/C20H25N3O2S2/c1-14-11-16(13-23-7-9-26-10-8-23)4-5-17(14)22-19(24)12-21-20(25)18-6-3-15(2)27-18/h3-6,11H,7-10,12-13H2,1-2H3,(H,21,25)(H,22,24). The van der Waals surface area contributed by atoms with Gasteiger partial charge in [0, 0.05) is 41.7 Å². The van der Waals surface area contributed by atoms with Crippen LogP contribution in [0.4, 0.5) is 5.69 Å². The summed E-state index contributed by atoms with van der Waals surface area (Å²) < 4.78 is 0. The highest BCUT2D eigenvalue weighted by atomic mass is 32.2. The first kappa shape index (κ1) is 19.9. The first-order valence-corrected chi connectivity index (χ1v) is 11.0. The number of anilines is 1. The Morgan fingerprint density at radius 3 is 2.56 bits per heavy atom. The summed E-state index contributed by atoms with van der Waals surface area (Å²) in [4.78, 5) is 28.4. The van der Waals surface area contributed by atoms with Crippen molar-refractivity contribution in [3.63, 3.8) is 0 Å². The van der Waals surface area contributed by atoms with Gasteiger partial charge in [0.25, 0.3) is 5.91 Å². The average molecular weight is 404 g/mol. The van der Waals surface area contributed by atoms with Gasteiger partial charge in [-0.1, -0.05) is 12.1 Å². The molecule has 1 fully saturated rings. The second kappa shape index (κ2) is 9.39. The van der Waals surface area contributed by atoms with Crippen molar-refractivity contribution in [1.82, 2.24) is 10.2 Å². The predicted molar refractivity (Wildman–Crippen MR) is 114 cm³/mol. The molecule has 0 radical (unpaired) electrons. The predicted octanol–water partition coefficient (Wildman–Crippen LogP) is 3.28. The third-order valence-corrected chi connectivity index (χ3v) is 6.39. The third kappa shape index (κ3) is 5.82. The maximum Gasteiger partial charge on any atom is 0.261 e. The lowest BCUT2D eigenvalue weighted by Crippen LogP contribution is -2.32. The molecule has 27 heavy (non-hydrogen) atoms. The maximum absolute atomic E-state index is 12.2. The molecule has 1 aromatic carbocycles. The molecule has 2 heterocycles. The lowest BCUT2D eigenvalue weighted by atomic mass is 10.1. The van der Waals surface area contributed by atoms with Crippen LogP contribution in [-0.2, 0) is 11.3 Å². The van der Waals surface area contributed by atoms with Crippen molar-refractivity contribution in [2.45, 2.75) is 20.4 Å². The van der Waals surface area contributed by atoms with Gasteiger partial charge in [0.2, 0.25) is 5.91 Å². The maximum atomic E-state index is 12.2. The van der Waals surface area contributed by atoms with Gasteiger partial charge in [-0.15, -0.1) is 11.3 Å². The zero-order chi connectivity index (χ0) is 19.2. The Bertz CT molecular complexity index is 813. The van der Waals surface area contributed by atoms with Crippen LogP contribution in [0.15, 0.2) is 30.3 Å². The molecule has 1 aliphatic heterocycles. The Morgan fingerprint density at radius 1 is 1.11 bits per heavy atom. The molecule has 3 rings (SSSR count). The van der Waals surface area contributed by atoms with E-state index >= 15 is 0 Å². The molecule has 144 valence electrons. The van der Waals surface area contributed by atoms with E-state index in [1.165, 1.54) is 28.4 Å². The van der Waals surface area contributed by atoms with Gasteiger partial charge in [-0.2, -0.15) is 11.8 Å². The van der Waals surface area contributed by atoms with E-state index in [1.807, 2.05) is 37.7 Å². The van der Waals surface area contributed by atoms with E-state index in [0.717, 1.165) is 35.8 Å². The van der Waals surface area contributed by atoms with Crippen molar-refractivity contribution >= 4 is 40.6 Å². The largest absolute Gasteiger partial charge is 0.342 e. The van der Waals surface area contributed by atoms with Crippen LogP contribution in [0.1, 0.15) is 25.7 Å². The molecule has 1 saturated heterocycles. The van der Waals surface area contributed by atoms with Crippen molar-refractivity contribution in [2.75, 3.05) is 36.5 Å². The van der Waals surface area contributed by atoms with Crippen LogP contribution in [0.25, 0.3) is 0 Å². The highest BCUT2D eigenvalue weighted by Gasteiger charge is 2.13.